The fourth-order valence-corrected chi connectivity index (χ4v) is 2.76. The van der Waals surface area contributed by atoms with Gasteiger partial charge in [-0.1, -0.05) is 70.4 Å². The number of allylic oxidation sites excluding steroid dienone is 2. The summed E-state index contributed by atoms with van der Waals surface area (Å²) in [5, 5.41) is 0. The number of rotatable bonds is 17. The lowest BCUT2D eigenvalue weighted by Crippen LogP contribution is -2.09. The van der Waals surface area contributed by atoms with Crippen LogP contribution in [0.2, 0.25) is 0 Å². The van der Waals surface area contributed by atoms with Gasteiger partial charge in [0.15, 0.2) is 0 Å². The van der Waals surface area contributed by atoms with Crippen LogP contribution in [0.5, 0.6) is 0 Å². The molecule has 0 spiro atoms. The standard InChI is InChI=1S/C21H38O3/c1-2-3-4-5-6-7-8-9-10-11-12-13-14-15-16-17-21(22)24-19-20-18-23-20/h9-10,20H,2-8,11-19H2,1H3/b10-9-/i1+1,2+1,3+1,4+1,5+1,6+1,7+1,8+1,9+1,10+1,11+1,12+1,13+1,14+1,15+1,16+1,17+1,21+1. The van der Waals surface area contributed by atoms with Crippen LogP contribution in [0.1, 0.15) is 96.8 Å². The summed E-state index contributed by atoms with van der Waals surface area (Å²) in [7, 11) is 0. The third-order valence-corrected chi connectivity index (χ3v) is 4.48. The topological polar surface area (TPSA) is 38.8 Å². The van der Waals surface area contributed by atoms with Gasteiger partial charge in [0.2, 0.25) is 0 Å². The SMILES string of the molecule is [13CH3][13CH2][13CH2][13CH2][13CH2][13CH2][13CH2][13CH2]/[13CH]=[13CH]\[13CH2][13CH2][13CH2][13CH2][13CH2][13CH2][13CH2][13C](=O)OCC1CO1. The fraction of sp³-hybridized carbons (Fsp3) is 0.857. The summed E-state index contributed by atoms with van der Waals surface area (Å²) in [5.74, 6) is -0.0665. The van der Waals surface area contributed by atoms with E-state index in [0.29, 0.717) is 13.0 Å². The number of epoxide rings is 1. The molecule has 0 aromatic carbocycles. The molecule has 1 fully saturated rings. The molecule has 0 N–H and O–H groups in total. The predicted octanol–water partition coefficient (Wildman–Crippen LogP) is 5.97. The Kier molecular flexibility index (Phi) is 13.9. The molecular weight excluding hydrogens is 318 g/mol. The second-order valence-corrected chi connectivity index (χ2v) is 6.97. The van der Waals surface area contributed by atoms with Gasteiger partial charge in [0, 0.05) is 6.42 Å². The highest BCUT2D eigenvalue weighted by molar-refractivity contribution is 5.69. The second kappa shape index (κ2) is 15.7. The van der Waals surface area contributed by atoms with Crippen LogP contribution in [0.15, 0.2) is 12.2 Å². The first kappa shape index (κ1) is 21.2. The van der Waals surface area contributed by atoms with Crippen molar-refractivity contribution in [2.24, 2.45) is 0 Å². The molecule has 1 unspecified atom stereocenters. The van der Waals surface area contributed by atoms with Crippen molar-refractivity contribution in [3.8, 4) is 0 Å². The number of hydrogen-bond acceptors (Lipinski definition) is 3. The van der Waals surface area contributed by atoms with Crippen molar-refractivity contribution in [3.63, 3.8) is 0 Å². The number of ether oxygens (including phenoxy) is 2. The van der Waals surface area contributed by atoms with Gasteiger partial charge in [-0.2, -0.15) is 0 Å². The molecule has 24 heavy (non-hydrogen) atoms. The number of esters is 1. The Bertz CT molecular complexity index is 321. The highest BCUT2D eigenvalue weighted by Crippen LogP contribution is 2.12. The summed E-state index contributed by atoms with van der Waals surface area (Å²) in [4.78, 5) is 11.4. The summed E-state index contributed by atoms with van der Waals surface area (Å²) in [6, 6.07) is 0. The minimum atomic E-state index is -0.0665. The van der Waals surface area contributed by atoms with Crippen LogP contribution in [0.4, 0.5) is 0 Å². The van der Waals surface area contributed by atoms with E-state index in [9.17, 15) is 4.79 Å². The molecule has 0 amide bonds. The molecule has 0 radical (unpaired) electrons. The first-order valence-electron chi connectivity index (χ1n) is 10.2. The minimum absolute atomic E-state index is 0.0665. The third-order valence-electron chi connectivity index (χ3n) is 4.48. The molecule has 3 heteroatoms. The number of hydrogen-bond donors (Lipinski definition) is 0. The molecule has 1 aliphatic rings. The van der Waals surface area contributed by atoms with Gasteiger partial charge in [-0.15, -0.1) is 0 Å². The van der Waals surface area contributed by atoms with Gasteiger partial charge in [0.25, 0.3) is 0 Å². The number of unbranched alkanes of at least 4 members (excludes halogenated alkanes) is 11. The van der Waals surface area contributed by atoms with E-state index in [4.69, 9.17) is 9.47 Å². The van der Waals surface area contributed by atoms with Crippen LogP contribution in [0, 0.1) is 0 Å². The maximum absolute atomic E-state index is 11.4. The van der Waals surface area contributed by atoms with Crippen LogP contribution >= 0.6 is 0 Å². The average molecular weight is 356 g/mol. The molecule has 0 aromatic rings. The zero-order chi connectivity index (χ0) is 17.3. The van der Waals surface area contributed by atoms with Gasteiger partial charge in [-0.3, -0.25) is 4.79 Å². The normalized spacial score (nSPS) is 16.6. The quantitative estimate of drug-likeness (QED) is 0.106. The Labute approximate surface area is 149 Å². The van der Waals surface area contributed by atoms with E-state index in [1.54, 1.807) is 0 Å². The van der Waals surface area contributed by atoms with E-state index >= 15 is 0 Å². The third kappa shape index (κ3) is 14.7. The summed E-state index contributed by atoms with van der Waals surface area (Å²) < 4.78 is 10.1. The summed E-state index contributed by atoms with van der Waals surface area (Å²) in [5.41, 5.74) is 0. The molecule has 0 saturated carbocycles. The minimum Gasteiger partial charge on any atom is -0.463 e. The molecule has 1 rings (SSSR count). The molecule has 1 saturated heterocycles. The zero-order valence-corrected chi connectivity index (χ0v) is 15.8. The van der Waals surface area contributed by atoms with E-state index in [1.807, 2.05) is 0 Å². The number of carbonyl (C=O) groups excluding carboxylic acids is 1. The van der Waals surface area contributed by atoms with Crippen LogP contribution < -0.4 is 0 Å². The largest absolute Gasteiger partial charge is 0.463 e. The van der Waals surface area contributed by atoms with Crippen LogP contribution in [-0.2, 0) is 14.3 Å². The Morgan fingerprint density at radius 2 is 1.46 bits per heavy atom. The Morgan fingerprint density at radius 1 is 0.917 bits per heavy atom. The summed E-state index contributed by atoms with van der Waals surface area (Å²) in [6.07, 6.45) is 22.1. The van der Waals surface area contributed by atoms with E-state index in [2.05, 4.69) is 19.1 Å². The lowest BCUT2D eigenvalue weighted by molar-refractivity contribution is -0.144. The van der Waals surface area contributed by atoms with Gasteiger partial charge in [0.05, 0.1) is 6.61 Å². The first-order chi connectivity index (χ1) is 11.8. The monoisotopic (exact) mass is 356 g/mol. The molecule has 3 nitrogen and oxygen atoms in total. The van der Waals surface area contributed by atoms with Gasteiger partial charge in [-0.05, 0) is 32.1 Å². The maximum atomic E-state index is 11.4. The Morgan fingerprint density at radius 3 is 2.04 bits per heavy atom. The number of carbonyl (C=O) groups is 1. The molecule has 1 aliphatic heterocycles. The molecule has 1 atom stereocenters. The lowest BCUT2D eigenvalue weighted by Gasteiger charge is -2.02. The zero-order valence-electron chi connectivity index (χ0n) is 15.8. The van der Waals surface area contributed by atoms with Gasteiger partial charge >= 0.3 is 5.97 Å². The van der Waals surface area contributed by atoms with Gasteiger partial charge in [0.1, 0.15) is 12.7 Å². The molecule has 0 aliphatic carbocycles. The van der Waals surface area contributed by atoms with Crippen molar-refractivity contribution in [1.29, 1.82) is 0 Å². The Hall–Kier alpha value is -0.830. The maximum Gasteiger partial charge on any atom is 0.305 e. The van der Waals surface area contributed by atoms with Crippen LogP contribution in [-0.4, -0.2) is 25.3 Å². The van der Waals surface area contributed by atoms with E-state index < -0.39 is 0 Å². The Balaban J connectivity index is 1.72. The summed E-state index contributed by atoms with van der Waals surface area (Å²) in [6.45, 7) is 3.47. The summed E-state index contributed by atoms with van der Waals surface area (Å²) >= 11 is 0. The van der Waals surface area contributed by atoms with Crippen molar-refractivity contribution in [2.75, 3.05) is 13.2 Å². The van der Waals surface area contributed by atoms with Gasteiger partial charge < -0.3 is 9.47 Å². The van der Waals surface area contributed by atoms with E-state index in [0.717, 1.165) is 19.4 Å². The van der Waals surface area contributed by atoms with E-state index in [-0.39, 0.29) is 12.1 Å². The van der Waals surface area contributed by atoms with Crippen molar-refractivity contribution >= 4 is 5.97 Å². The van der Waals surface area contributed by atoms with Crippen molar-refractivity contribution < 1.29 is 14.3 Å². The fourth-order valence-electron chi connectivity index (χ4n) is 2.76. The van der Waals surface area contributed by atoms with Crippen LogP contribution in [0.3, 0.4) is 0 Å². The molecule has 1 heterocycles. The molecule has 0 aromatic heterocycles. The van der Waals surface area contributed by atoms with Crippen molar-refractivity contribution in [1.82, 2.24) is 0 Å². The predicted molar refractivity (Wildman–Crippen MR) is 100 cm³/mol. The van der Waals surface area contributed by atoms with E-state index in [1.165, 1.54) is 70.6 Å². The lowest BCUT2D eigenvalue weighted by atomic mass is 10.5. The highest BCUT2D eigenvalue weighted by atomic mass is 16.7. The smallest absolute Gasteiger partial charge is 0.305 e. The molecule has 0 bridgehead atoms. The average Bonchev–Trinajstić information content (AvgIpc) is 3.41. The van der Waals surface area contributed by atoms with Crippen molar-refractivity contribution in [3.05, 3.63) is 12.2 Å². The molecular formula is C21H38O3. The van der Waals surface area contributed by atoms with Crippen LogP contribution in [0.25, 0.3) is 0 Å². The second-order valence-electron chi connectivity index (χ2n) is 6.97. The highest BCUT2D eigenvalue weighted by Gasteiger charge is 2.23. The first-order valence-corrected chi connectivity index (χ1v) is 10.2. The van der Waals surface area contributed by atoms with Gasteiger partial charge in [-0.25, -0.2) is 0 Å². The molecule has 140 valence electrons. The van der Waals surface area contributed by atoms with Crippen molar-refractivity contribution in [2.45, 2.75) is 103 Å².